The zero-order chi connectivity index (χ0) is 13.9. The minimum atomic E-state index is -2.95. The number of sulfone groups is 1. The Labute approximate surface area is 115 Å². The van der Waals surface area contributed by atoms with Crippen LogP contribution >= 0.6 is 0 Å². The summed E-state index contributed by atoms with van der Waals surface area (Å²) in [5.41, 5.74) is 0. The van der Waals surface area contributed by atoms with E-state index < -0.39 is 9.84 Å². The van der Waals surface area contributed by atoms with Gasteiger partial charge in [-0.15, -0.1) is 0 Å². The molecule has 19 heavy (non-hydrogen) atoms. The van der Waals surface area contributed by atoms with Gasteiger partial charge in [-0.25, -0.2) is 8.42 Å². The third-order valence-corrected chi connectivity index (χ3v) is 5.13. The van der Waals surface area contributed by atoms with Crippen LogP contribution in [0.4, 0.5) is 0 Å². The predicted octanol–water partition coefficient (Wildman–Crippen LogP) is 0.269. The molecule has 0 aromatic heterocycles. The second kappa shape index (κ2) is 6.22. The molecule has 5 nitrogen and oxygen atoms in total. The molecule has 6 heteroatoms. The lowest BCUT2D eigenvalue weighted by Crippen LogP contribution is -2.46. The van der Waals surface area contributed by atoms with E-state index in [1.165, 1.54) is 6.26 Å². The maximum atomic E-state index is 12.4. The van der Waals surface area contributed by atoms with Gasteiger partial charge in [-0.2, -0.15) is 0 Å². The highest BCUT2D eigenvalue weighted by Crippen LogP contribution is 2.22. The van der Waals surface area contributed by atoms with Crippen LogP contribution in [-0.4, -0.2) is 57.4 Å². The number of carbonyl (C=O) groups is 1. The molecule has 2 rings (SSSR count). The molecule has 0 saturated carbocycles. The van der Waals surface area contributed by atoms with Crippen LogP contribution in [0.3, 0.4) is 0 Å². The Morgan fingerprint density at radius 1 is 1.26 bits per heavy atom. The van der Waals surface area contributed by atoms with Crippen molar-refractivity contribution in [2.75, 3.05) is 38.2 Å². The van der Waals surface area contributed by atoms with Gasteiger partial charge in [0.25, 0.3) is 0 Å². The molecule has 0 bridgehead atoms. The lowest BCUT2D eigenvalue weighted by Gasteiger charge is -2.35. The minimum absolute atomic E-state index is 0.120. The maximum absolute atomic E-state index is 12.4. The summed E-state index contributed by atoms with van der Waals surface area (Å²) in [6.45, 7) is 3.24. The van der Waals surface area contributed by atoms with E-state index in [-0.39, 0.29) is 23.5 Å². The van der Waals surface area contributed by atoms with Crippen LogP contribution in [0.2, 0.25) is 0 Å². The average Bonchev–Trinajstić information content (AvgIpc) is 2.37. The monoisotopic (exact) mass is 288 g/mol. The van der Waals surface area contributed by atoms with E-state index in [4.69, 9.17) is 0 Å². The van der Waals surface area contributed by atoms with Crippen molar-refractivity contribution < 1.29 is 13.2 Å². The van der Waals surface area contributed by atoms with Gasteiger partial charge in [0.05, 0.1) is 5.75 Å². The smallest absolute Gasteiger partial charge is 0.225 e. The van der Waals surface area contributed by atoms with E-state index in [2.05, 4.69) is 5.32 Å². The summed E-state index contributed by atoms with van der Waals surface area (Å²) in [6.07, 6.45) is 4.94. The number of hydrogen-bond donors (Lipinski definition) is 1. The number of rotatable bonds is 3. The second-order valence-electron chi connectivity index (χ2n) is 5.91. The number of nitrogens with zero attached hydrogens (tertiary/aromatic N) is 1. The molecule has 1 unspecified atom stereocenters. The number of nitrogens with one attached hydrogen (secondary N) is 1. The van der Waals surface area contributed by atoms with Crippen LogP contribution < -0.4 is 5.32 Å². The summed E-state index contributed by atoms with van der Waals surface area (Å²) < 4.78 is 22.7. The van der Waals surface area contributed by atoms with Crippen molar-refractivity contribution in [3.8, 4) is 0 Å². The first-order chi connectivity index (χ1) is 8.96. The molecule has 110 valence electrons. The predicted molar refractivity (Wildman–Crippen MR) is 74.6 cm³/mol. The molecule has 1 N–H and O–H groups in total. The van der Waals surface area contributed by atoms with Crippen molar-refractivity contribution >= 4 is 15.7 Å². The molecular formula is C13H24N2O3S. The first kappa shape index (κ1) is 14.8. The van der Waals surface area contributed by atoms with Crippen LogP contribution in [0.1, 0.15) is 25.7 Å². The van der Waals surface area contributed by atoms with E-state index >= 15 is 0 Å². The fourth-order valence-corrected chi connectivity index (χ4v) is 4.28. The van der Waals surface area contributed by atoms with Crippen LogP contribution in [0.25, 0.3) is 0 Å². The highest BCUT2D eigenvalue weighted by atomic mass is 32.2. The molecule has 1 amide bonds. The number of carbonyl (C=O) groups excluding carboxylic acids is 1. The summed E-state index contributed by atoms with van der Waals surface area (Å²) in [6, 6.07) is 0. The van der Waals surface area contributed by atoms with Gasteiger partial charge >= 0.3 is 0 Å². The Morgan fingerprint density at radius 3 is 2.58 bits per heavy atom. The van der Waals surface area contributed by atoms with E-state index in [0.29, 0.717) is 6.54 Å². The molecule has 2 heterocycles. The summed E-state index contributed by atoms with van der Waals surface area (Å²) in [5.74, 6) is 0.704. The minimum Gasteiger partial charge on any atom is -0.342 e. The largest absolute Gasteiger partial charge is 0.342 e. The van der Waals surface area contributed by atoms with Gasteiger partial charge in [-0.05, 0) is 44.7 Å². The Kier molecular flexibility index (Phi) is 4.84. The fourth-order valence-electron chi connectivity index (χ4n) is 3.16. The topological polar surface area (TPSA) is 66.5 Å². The van der Waals surface area contributed by atoms with Crippen LogP contribution in [-0.2, 0) is 14.6 Å². The molecule has 0 radical (unpaired) electrons. The van der Waals surface area contributed by atoms with Gasteiger partial charge in [0.15, 0.2) is 0 Å². The third kappa shape index (κ3) is 4.45. The van der Waals surface area contributed by atoms with E-state index in [9.17, 15) is 13.2 Å². The Morgan fingerprint density at radius 2 is 1.95 bits per heavy atom. The summed E-state index contributed by atoms with van der Waals surface area (Å²) in [5, 5.41) is 3.26. The summed E-state index contributed by atoms with van der Waals surface area (Å²) in [4.78, 5) is 14.3. The van der Waals surface area contributed by atoms with Crippen molar-refractivity contribution in [3.05, 3.63) is 0 Å². The lowest BCUT2D eigenvalue weighted by atomic mass is 9.93. The fraction of sp³-hybridized carbons (Fsp3) is 0.923. The van der Waals surface area contributed by atoms with E-state index in [1.807, 2.05) is 4.90 Å². The van der Waals surface area contributed by atoms with Crippen molar-refractivity contribution in [2.45, 2.75) is 25.7 Å². The highest BCUT2D eigenvalue weighted by Gasteiger charge is 2.30. The SMILES string of the molecule is CS(=O)(=O)CC1CCCN(C(=O)C2CCNCC2)C1. The Balaban J connectivity index is 1.91. The van der Waals surface area contributed by atoms with Gasteiger partial charge in [0, 0.05) is 25.3 Å². The Bertz CT molecular complexity index is 416. The summed E-state index contributed by atoms with van der Waals surface area (Å²) in [7, 11) is -2.95. The molecule has 1 atom stereocenters. The molecule has 0 spiro atoms. The maximum Gasteiger partial charge on any atom is 0.225 e. The average molecular weight is 288 g/mol. The van der Waals surface area contributed by atoms with Crippen molar-refractivity contribution in [2.24, 2.45) is 11.8 Å². The normalized spacial score (nSPS) is 26.4. The van der Waals surface area contributed by atoms with Gasteiger partial charge in [0.1, 0.15) is 9.84 Å². The van der Waals surface area contributed by atoms with Gasteiger partial charge in [-0.3, -0.25) is 4.79 Å². The summed E-state index contributed by atoms with van der Waals surface area (Å²) >= 11 is 0. The third-order valence-electron chi connectivity index (χ3n) is 4.06. The highest BCUT2D eigenvalue weighted by molar-refractivity contribution is 7.90. The van der Waals surface area contributed by atoms with Crippen molar-refractivity contribution in [3.63, 3.8) is 0 Å². The first-order valence-electron chi connectivity index (χ1n) is 7.13. The zero-order valence-corrected chi connectivity index (χ0v) is 12.4. The quantitative estimate of drug-likeness (QED) is 0.809. The molecule has 2 saturated heterocycles. The van der Waals surface area contributed by atoms with Crippen molar-refractivity contribution in [1.29, 1.82) is 0 Å². The molecule has 2 fully saturated rings. The van der Waals surface area contributed by atoms with Crippen LogP contribution in [0.15, 0.2) is 0 Å². The first-order valence-corrected chi connectivity index (χ1v) is 9.19. The number of hydrogen-bond acceptors (Lipinski definition) is 4. The van der Waals surface area contributed by atoms with E-state index in [0.717, 1.165) is 45.3 Å². The molecule has 2 aliphatic rings. The standard InChI is InChI=1S/C13H24N2O3S/c1-19(17,18)10-11-3-2-8-15(9-11)13(16)12-4-6-14-7-5-12/h11-12,14H,2-10H2,1H3. The van der Waals surface area contributed by atoms with Gasteiger partial charge in [-0.1, -0.05) is 0 Å². The molecule has 2 aliphatic heterocycles. The molecular weight excluding hydrogens is 264 g/mol. The molecule has 0 aromatic rings. The molecule has 0 aliphatic carbocycles. The zero-order valence-electron chi connectivity index (χ0n) is 11.6. The molecule has 0 aromatic carbocycles. The van der Waals surface area contributed by atoms with Crippen LogP contribution in [0, 0.1) is 11.8 Å². The number of amides is 1. The van der Waals surface area contributed by atoms with Crippen molar-refractivity contribution in [1.82, 2.24) is 10.2 Å². The second-order valence-corrected chi connectivity index (χ2v) is 8.09. The van der Waals surface area contributed by atoms with Gasteiger partial charge in [0.2, 0.25) is 5.91 Å². The van der Waals surface area contributed by atoms with E-state index in [1.54, 1.807) is 0 Å². The Hall–Kier alpha value is -0.620. The van der Waals surface area contributed by atoms with Gasteiger partial charge < -0.3 is 10.2 Å². The lowest BCUT2D eigenvalue weighted by molar-refractivity contribution is -0.138. The number of likely N-dealkylation sites (tertiary alicyclic amines) is 1. The number of piperidine rings is 2. The van der Waals surface area contributed by atoms with Crippen LogP contribution in [0.5, 0.6) is 0 Å².